The molecule has 5 aromatic rings. The molecule has 42 heavy (non-hydrogen) atoms. The molecule has 6 rings (SSSR count). The summed E-state index contributed by atoms with van der Waals surface area (Å²) in [5.74, 6) is -0.767. The van der Waals surface area contributed by atoms with E-state index in [1.54, 1.807) is 81.8 Å². The summed E-state index contributed by atoms with van der Waals surface area (Å²) in [6.07, 6.45) is 2.44. The van der Waals surface area contributed by atoms with Crippen LogP contribution in [0.5, 0.6) is 0 Å². The summed E-state index contributed by atoms with van der Waals surface area (Å²) in [7, 11) is 1.56. The van der Waals surface area contributed by atoms with Crippen molar-refractivity contribution in [3.63, 3.8) is 0 Å². The van der Waals surface area contributed by atoms with Crippen LogP contribution in [0.25, 0.3) is 11.3 Å². The van der Waals surface area contributed by atoms with E-state index in [0.717, 1.165) is 11.1 Å². The van der Waals surface area contributed by atoms with Crippen LogP contribution in [0.2, 0.25) is 5.02 Å². The topological polar surface area (TPSA) is 88.7 Å². The molecule has 0 unspecified atom stereocenters. The van der Waals surface area contributed by atoms with Crippen molar-refractivity contribution in [3.8, 4) is 5.69 Å². The van der Waals surface area contributed by atoms with Gasteiger partial charge in [-0.1, -0.05) is 23.7 Å². The number of nitrogens with one attached hydrogen (secondary N) is 1. The van der Waals surface area contributed by atoms with E-state index in [4.69, 9.17) is 11.6 Å². The summed E-state index contributed by atoms with van der Waals surface area (Å²) in [5, 5.41) is 7.71. The van der Waals surface area contributed by atoms with Crippen LogP contribution in [0.15, 0.2) is 82.2 Å². The minimum absolute atomic E-state index is 0.182. The van der Waals surface area contributed by atoms with Crippen LogP contribution < -0.4 is 10.9 Å². The Labute approximate surface area is 253 Å². The van der Waals surface area contributed by atoms with Crippen molar-refractivity contribution in [3.05, 3.63) is 132 Å². The maximum Gasteiger partial charge on any atom is 0.261 e. The Morgan fingerprint density at radius 1 is 1.05 bits per heavy atom. The number of carbonyl (C=O) groups is 2. The van der Waals surface area contributed by atoms with E-state index in [-0.39, 0.29) is 29.7 Å². The molecule has 3 heterocycles. The second-order valence-electron chi connectivity index (χ2n) is 10.0. The molecular formula is C31H24BrClFN5O3. The smallest absolute Gasteiger partial charge is 0.261 e. The Morgan fingerprint density at radius 2 is 1.76 bits per heavy atom. The van der Waals surface area contributed by atoms with Crippen LogP contribution in [-0.2, 0) is 19.4 Å². The predicted octanol–water partition coefficient (Wildman–Crippen LogP) is 5.19. The van der Waals surface area contributed by atoms with Crippen molar-refractivity contribution < 1.29 is 14.0 Å². The van der Waals surface area contributed by atoms with Crippen LogP contribution in [0.1, 0.15) is 43.1 Å². The van der Waals surface area contributed by atoms with Gasteiger partial charge in [0.15, 0.2) is 0 Å². The van der Waals surface area contributed by atoms with Gasteiger partial charge in [0, 0.05) is 46.7 Å². The molecule has 212 valence electrons. The lowest BCUT2D eigenvalue weighted by molar-refractivity contribution is 0.0729. The summed E-state index contributed by atoms with van der Waals surface area (Å²) in [4.78, 5) is 41.4. The molecule has 0 spiro atoms. The van der Waals surface area contributed by atoms with Gasteiger partial charge in [0.25, 0.3) is 17.4 Å². The predicted molar refractivity (Wildman–Crippen MR) is 161 cm³/mol. The van der Waals surface area contributed by atoms with Gasteiger partial charge in [0.1, 0.15) is 11.5 Å². The average Bonchev–Trinajstić information content (AvgIpc) is 3.42. The fourth-order valence-electron chi connectivity index (χ4n) is 5.29. The molecule has 2 amide bonds. The number of fused-ring (bicyclic) bond motifs is 3. The van der Waals surface area contributed by atoms with Gasteiger partial charge in [-0.25, -0.2) is 8.91 Å². The fraction of sp³-hybridized carbons (Fsp3) is 0.161. The van der Waals surface area contributed by atoms with Crippen molar-refractivity contribution in [1.82, 2.24) is 24.4 Å². The Bertz CT molecular complexity index is 1920. The molecule has 11 heteroatoms. The summed E-state index contributed by atoms with van der Waals surface area (Å²) in [5.41, 5.74) is 4.59. The first kappa shape index (κ1) is 27.9. The number of nitrogens with zero attached hydrogens (tertiary/aromatic N) is 4. The standard InChI is InChI=1S/C31H24BrClFN5O3/c1-35-28(40)19-4-9-23(10-5-19)38-29-21(14-18-2-7-22(34)8-3-18)16-36-39(29)27-17-37(13-12-24(27)31(38)42)30(41)20-6-11-25(32)26(33)15-20/h2-11,15-16H,12-14,17H2,1H3,(H,35,40). The number of carbonyl (C=O) groups excluding carboxylic acids is 2. The summed E-state index contributed by atoms with van der Waals surface area (Å²) < 4.78 is 17.6. The van der Waals surface area contributed by atoms with E-state index in [9.17, 15) is 18.8 Å². The van der Waals surface area contributed by atoms with Crippen molar-refractivity contribution in [1.29, 1.82) is 0 Å². The third-order valence-electron chi connectivity index (χ3n) is 7.44. The molecule has 0 aliphatic carbocycles. The Hall–Kier alpha value is -4.28. The molecule has 0 saturated heterocycles. The third-order valence-corrected chi connectivity index (χ3v) is 8.68. The maximum absolute atomic E-state index is 14.1. The van der Waals surface area contributed by atoms with E-state index in [1.807, 2.05) is 0 Å². The Balaban J connectivity index is 1.48. The van der Waals surface area contributed by atoms with Gasteiger partial charge in [0.2, 0.25) is 0 Å². The van der Waals surface area contributed by atoms with E-state index < -0.39 is 0 Å². The largest absolute Gasteiger partial charge is 0.355 e. The highest BCUT2D eigenvalue weighted by atomic mass is 79.9. The Kier molecular flexibility index (Phi) is 7.42. The van der Waals surface area contributed by atoms with Crippen LogP contribution in [0.4, 0.5) is 4.39 Å². The van der Waals surface area contributed by atoms with Gasteiger partial charge in [-0.3, -0.25) is 19.0 Å². The van der Waals surface area contributed by atoms with Crippen molar-refractivity contribution in [2.75, 3.05) is 13.6 Å². The number of hydrogen-bond acceptors (Lipinski definition) is 4. The minimum Gasteiger partial charge on any atom is -0.355 e. The normalized spacial score (nSPS) is 12.8. The number of benzene rings is 3. The van der Waals surface area contributed by atoms with Gasteiger partial charge in [-0.15, -0.1) is 0 Å². The fourth-order valence-corrected chi connectivity index (χ4v) is 5.72. The first-order valence-electron chi connectivity index (χ1n) is 13.2. The van der Waals surface area contributed by atoms with Crippen LogP contribution in [0, 0.1) is 5.82 Å². The molecule has 3 aromatic carbocycles. The molecule has 0 saturated carbocycles. The van der Waals surface area contributed by atoms with E-state index in [2.05, 4.69) is 26.3 Å². The Morgan fingerprint density at radius 3 is 2.45 bits per heavy atom. The number of aromatic nitrogens is 3. The summed E-state index contributed by atoms with van der Waals surface area (Å²) in [6.45, 7) is 0.529. The zero-order valence-corrected chi connectivity index (χ0v) is 24.7. The first-order valence-corrected chi connectivity index (χ1v) is 14.4. The summed E-state index contributed by atoms with van der Waals surface area (Å²) in [6, 6.07) is 18.0. The number of hydrogen-bond donors (Lipinski definition) is 1. The first-order chi connectivity index (χ1) is 20.2. The highest BCUT2D eigenvalue weighted by molar-refractivity contribution is 9.10. The molecule has 0 fully saturated rings. The van der Waals surface area contributed by atoms with Crippen LogP contribution in [-0.4, -0.2) is 44.5 Å². The van der Waals surface area contributed by atoms with Gasteiger partial charge >= 0.3 is 0 Å². The third kappa shape index (κ3) is 5.01. The highest BCUT2D eigenvalue weighted by Crippen LogP contribution is 2.27. The molecule has 0 bridgehead atoms. The quantitative estimate of drug-likeness (QED) is 0.284. The molecule has 1 N–H and O–H groups in total. The molecular weight excluding hydrogens is 625 g/mol. The zero-order valence-electron chi connectivity index (χ0n) is 22.4. The second kappa shape index (κ2) is 11.2. The lowest BCUT2D eigenvalue weighted by Crippen LogP contribution is -2.41. The van der Waals surface area contributed by atoms with Gasteiger partial charge in [-0.2, -0.15) is 5.10 Å². The monoisotopic (exact) mass is 647 g/mol. The highest BCUT2D eigenvalue weighted by Gasteiger charge is 2.29. The molecule has 1 aliphatic rings. The lowest BCUT2D eigenvalue weighted by atomic mass is 10.0. The van der Waals surface area contributed by atoms with Gasteiger partial charge < -0.3 is 10.2 Å². The van der Waals surface area contributed by atoms with E-state index >= 15 is 0 Å². The van der Waals surface area contributed by atoms with Gasteiger partial charge in [-0.05, 0) is 82.5 Å². The van der Waals surface area contributed by atoms with Crippen molar-refractivity contribution in [2.45, 2.75) is 19.4 Å². The molecule has 8 nitrogen and oxygen atoms in total. The molecule has 0 atom stereocenters. The molecule has 0 radical (unpaired) electrons. The number of rotatable bonds is 5. The molecule has 2 aromatic heterocycles. The number of amides is 2. The maximum atomic E-state index is 14.1. The second-order valence-corrected chi connectivity index (χ2v) is 11.3. The lowest BCUT2D eigenvalue weighted by Gasteiger charge is -2.30. The van der Waals surface area contributed by atoms with Gasteiger partial charge in [0.05, 0.1) is 29.1 Å². The van der Waals surface area contributed by atoms with Crippen LogP contribution in [0.3, 0.4) is 0 Å². The summed E-state index contributed by atoms with van der Waals surface area (Å²) >= 11 is 9.60. The van der Waals surface area contributed by atoms with Crippen molar-refractivity contribution in [2.24, 2.45) is 0 Å². The van der Waals surface area contributed by atoms with Crippen LogP contribution >= 0.6 is 27.5 Å². The van der Waals surface area contributed by atoms with Crippen molar-refractivity contribution >= 4 is 45.0 Å². The number of halogens is 3. The SMILES string of the molecule is CNC(=O)c1ccc(-n2c(=O)c3c(n4ncc(Cc5ccc(F)cc5)c24)CN(C(=O)c2ccc(Br)c(Cl)c2)CC3)cc1. The zero-order chi connectivity index (χ0) is 29.5. The molecule has 1 aliphatic heterocycles. The van der Waals surface area contributed by atoms with E-state index in [0.29, 0.717) is 62.6 Å². The van der Waals surface area contributed by atoms with E-state index in [1.165, 1.54) is 12.1 Å². The average molecular weight is 649 g/mol. The minimum atomic E-state index is -0.336.